The van der Waals surface area contributed by atoms with Crippen LogP contribution in [0.2, 0.25) is 0 Å². The van der Waals surface area contributed by atoms with E-state index in [2.05, 4.69) is 39.2 Å². The molecule has 0 radical (unpaired) electrons. The minimum atomic E-state index is -0.343. The van der Waals surface area contributed by atoms with E-state index in [1.165, 1.54) is 18.8 Å². The Morgan fingerprint density at radius 3 is 2.71 bits per heavy atom. The third kappa shape index (κ3) is 3.36. The van der Waals surface area contributed by atoms with Crippen molar-refractivity contribution in [2.45, 2.75) is 26.3 Å². The van der Waals surface area contributed by atoms with E-state index in [1.807, 2.05) is 12.1 Å². The molecule has 1 aromatic heterocycles. The standard InChI is InChI=1S/C22H20N4O2/c1-14-10-17-6-3-4-9-20(17)26(14)21-12-19(23-13-24-21)22(28)25-18-8-5-7-16(11-18)15(2)27/h3-9,11-14H,10H2,1-2H3,(H,25,28). The first-order valence-electron chi connectivity index (χ1n) is 9.14. The molecule has 0 fully saturated rings. The lowest BCUT2D eigenvalue weighted by molar-refractivity contribution is 0.100. The number of carbonyl (C=O) groups excluding carboxylic acids is 2. The average molecular weight is 372 g/mol. The molecule has 6 nitrogen and oxygen atoms in total. The molecule has 1 aliphatic heterocycles. The lowest BCUT2D eigenvalue weighted by Gasteiger charge is -2.23. The maximum absolute atomic E-state index is 12.7. The molecule has 0 aliphatic carbocycles. The van der Waals surface area contributed by atoms with Gasteiger partial charge < -0.3 is 10.2 Å². The molecule has 0 bridgehead atoms. The summed E-state index contributed by atoms with van der Waals surface area (Å²) in [5.41, 5.74) is 3.74. The van der Waals surface area contributed by atoms with Crippen LogP contribution in [0.15, 0.2) is 60.9 Å². The molecule has 2 aromatic carbocycles. The number of fused-ring (bicyclic) bond motifs is 1. The Balaban J connectivity index is 1.60. The lowest BCUT2D eigenvalue weighted by atomic mass is 10.1. The van der Waals surface area contributed by atoms with Crippen LogP contribution in [0.25, 0.3) is 0 Å². The van der Waals surface area contributed by atoms with Gasteiger partial charge >= 0.3 is 0 Å². The van der Waals surface area contributed by atoms with Gasteiger partial charge in [0.15, 0.2) is 5.78 Å². The predicted octanol–water partition coefficient (Wildman–Crippen LogP) is 4.01. The molecular weight excluding hydrogens is 352 g/mol. The van der Waals surface area contributed by atoms with Crippen LogP contribution in [-0.2, 0) is 6.42 Å². The summed E-state index contributed by atoms with van der Waals surface area (Å²) < 4.78 is 0. The van der Waals surface area contributed by atoms with Crippen LogP contribution in [-0.4, -0.2) is 27.7 Å². The summed E-state index contributed by atoms with van der Waals surface area (Å²) in [4.78, 5) is 34.9. The van der Waals surface area contributed by atoms with Crippen molar-refractivity contribution in [1.82, 2.24) is 9.97 Å². The number of ketones is 1. The third-order valence-corrected chi connectivity index (χ3v) is 4.87. The number of rotatable bonds is 4. The third-order valence-electron chi connectivity index (χ3n) is 4.87. The zero-order chi connectivity index (χ0) is 19.7. The normalized spacial score (nSPS) is 15.2. The van der Waals surface area contributed by atoms with Crippen molar-refractivity contribution < 1.29 is 9.59 Å². The molecular formula is C22H20N4O2. The van der Waals surface area contributed by atoms with E-state index >= 15 is 0 Å². The van der Waals surface area contributed by atoms with Gasteiger partial charge in [0.2, 0.25) is 0 Å². The number of para-hydroxylation sites is 1. The zero-order valence-corrected chi connectivity index (χ0v) is 15.7. The van der Waals surface area contributed by atoms with Crippen LogP contribution in [0.4, 0.5) is 17.2 Å². The van der Waals surface area contributed by atoms with E-state index in [0.29, 0.717) is 17.1 Å². The minimum Gasteiger partial charge on any atom is -0.323 e. The van der Waals surface area contributed by atoms with Crippen molar-refractivity contribution in [3.63, 3.8) is 0 Å². The van der Waals surface area contributed by atoms with Crippen molar-refractivity contribution in [2.24, 2.45) is 0 Å². The number of anilines is 3. The SMILES string of the molecule is CC(=O)c1cccc(NC(=O)c2cc(N3c4ccccc4CC3C)ncn2)c1. The van der Waals surface area contributed by atoms with Crippen molar-refractivity contribution in [3.8, 4) is 0 Å². The summed E-state index contributed by atoms with van der Waals surface area (Å²) in [7, 11) is 0. The van der Waals surface area contributed by atoms with Crippen molar-refractivity contribution >= 4 is 28.9 Å². The zero-order valence-electron chi connectivity index (χ0n) is 15.7. The van der Waals surface area contributed by atoms with Gasteiger partial charge in [0.25, 0.3) is 5.91 Å². The summed E-state index contributed by atoms with van der Waals surface area (Å²) in [5.74, 6) is 0.293. The number of amides is 1. The molecule has 0 spiro atoms. The van der Waals surface area contributed by atoms with E-state index in [4.69, 9.17) is 0 Å². The lowest BCUT2D eigenvalue weighted by Crippen LogP contribution is -2.25. The average Bonchev–Trinajstić information content (AvgIpc) is 3.04. The first-order valence-corrected chi connectivity index (χ1v) is 9.14. The summed E-state index contributed by atoms with van der Waals surface area (Å²) in [6.45, 7) is 3.63. The number of nitrogens with one attached hydrogen (secondary N) is 1. The van der Waals surface area contributed by atoms with Gasteiger partial charge in [-0.25, -0.2) is 9.97 Å². The largest absolute Gasteiger partial charge is 0.323 e. The fourth-order valence-corrected chi connectivity index (χ4v) is 3.53. The van der Waals surface area contributed by atoms with E-state index in [1.54, 1.807) is 30.3 Å². The Morgan fingerprint density at radius 1 is 1.07 bits per heavy atom. The van der Waals surface area contributed by atoms with Crippen LogP contribution in [0, 0.1) is 0 Å². The molecule has 6 heteroatoms. The molecule has 3 aromatic rings. The molecule has 1 unspecified atom stereocenters. The summed E-state index contributed by atoms with van der Waals surface area (Å²) in [6.07, 6.45) is 2.34. The number of carbonyl (C=O) groups is 2. The maximum atomic E-state index is 12.7. The molecule has 28 heavy (non-hydrogen) atoms. The number of hydrogen-bond donors (Lipinski definition) is 1. The van der Waals surface area contributed by atoms with Gasteiger partial charge in [-0.2, -0.15) is 0 Å². The van der Waals surface area contributed by atoms with Gasteiger partial charge in [0.1, 0.15) is 17.8 Å². The molecule has 2 heterocycles. The quantitative estimate of drug-likeness (QED) is 0.700. The molecule has 4 rings (SSSR count). The number of aromatic nitrogens is 2. The number of hydrogen-bond acceptors (Lipinski definition) is 5. The smallest absolute Gasteiger partial charge is 0.274 e. The van der Waals surface area contributed by atoms with Crippen LogP contribution >= 0.6 is 0 Å². The van der Waals surface area contributed by atoms with E-state index in [-0.39, 0.29) is 23.4 Å². The molecule has 1 atom stereocenters. The van der Waals surface area contributed by atoms with E-state index < -0.39 is 0 Å². The van der Waals surface area contributed by atoms with E-state index in [9.17, 15) is 9.59 Å². The summed E-state index contributed by atoms with van der Waals surface area (Å²) >= 11 is 0. The highest BCUT2D eigenvalue weighted by molar-refractivity contribution is 6.04. The van der Waals surface area contributed by atoms with Gasteiger partial charge in [0.05, 0.1) is 0 Å². The number of benzene rings is 2. The number of Topliss-reactive ketones (excluding diaryl/α,β-unsaturated/α-hetero) is 1. The van der Waals surface area contributed by atoms with Crippen molar-refractivity contribution in [3.05, 3.63) is 77.7 Å². The Morgan fingerprint density at radius 2 is 1.89 bits per heavy atom. The summed E-state index contributed by atoms with van der Waals surface area (Å²) in [5, 5.41) is 2.80. The number of nitrogens with zero attached hydrogens (tertiary/aromatic N) is 3. The Kier molecular flexibility index (Phi) is 4.61. The maximum Gasteiger partial charge on any atom is 0.274 e. The first-order chi connectivity index (χ1) is 13.5. The van der Waals surface area contributed by atoms with Gasteiger partial charge in [0, 0.05) is 29.0 Å². The molecule has 0 saturated heterocycles. The molecule has 1 aliphatic rings. The second kappa shape index (κ2) is 7.23. The molecule has 1 N–H and O–H groups in total. The first kappa shape index (κ1) is 17.9. The highest BCUT2D eigenvalue weighted by atomic mass is 16.2. The minimum absolute atomic E-state index is 0.0536. The topological polar surface area (TPSA) is 75.2 Å². The fraction of sp³-hybridized carbons (Fsp3) is 0.182. The second-order valence-electron chi connectivity index (χ2n) is 6.90. The van der Waals surface area contributed by atoms with Crippen LogP contribution < -0.4 is 10.2 Å². The molecule has 1 amide bonds. The predicted molar refractivity (Wildman–Crippen MR) is 108 cm³/mol. The van der Waals surface area contributed by atoms with Crippen LogP contribution in [0.5, 0.6) is 0 Å². The van der Waals surface area contributed by atoms with Crippen molar-refractivity contribution in [1.29, 1.82) is 0 Å². The monoisotopic (exact) mass is 372 g/mol. The van der Waals surface area contributed by atoms with Crippen LogP contribution in [0.1, 0.15) is 40.3 Å². The van der Waals surface area contributed by atoms with E-state index in [0.717, 1.165) is 12.1 Å². The molecule has 140 valence electrons. The van der Waals surface area contributed by atoms with Gasteiger partial charge in [-0.05, 0) is 44.0 Å². The van der Waals surface area contributed by atoms with Gasteiger partial charge in [-0.15, -0.1) is 0 Å². The van der Waals surface area contributed by atoms with Crippen molar-refractivity contribution in [2.75, 3.05) is 10.2 Å². The van der Waals surface area contributed by atoms with Gasteiger partial charge in [-0.3, -0.25) is 9.59 Å². The fourth-order valence-electron chi connectivity index (χ4n) is 3.53. The summed E-state index contributed by atoms with van der Waals surface area (Å²) in [6, 6.07) is 17.0. The second-order valence-corrected chi connectivity index (χ2v) is 6.90. The Bertz CT molecular complexity index is 1060. The Labute approximate surface area is 163 Å². The Hall–Kier alpha value is -3.54. The highest BCUT2D eigenvalue weighted by Gasteiger charge is 2.28. The highest BCUT2D eigenvalue weighted by Crippen LogP contribution is 2.37. The van der Waals surface area contributed by atoms with Gasteiger partial charge in [-0.1, -0.05) is 30.3 Å². The molecule has 0 saturated carbocycles. The van der Waals surface area contributed by atoms with Crippen LogP contribution in [0.3, 0.4) is 0 Å².